The van der Waals surface area contributed by atoms with E-state index < -0.39 is 5.76 Å². The molecule has 0 radical (unpaired) electrons. The summed E-state index contributed by atoms with van der Waals surface area (Å²) in [4.78, 5) is 25.9. The van der Waals surface area contributed by atoms with Gasteiger partial charge in [0.2, 0.25) is 0 Å². The quantitative estimate of drug-likeness (QED) is 0.671. The van der Waals surface area contributed by atoms with Crippen LogP contribution in [0.5, 0.6) is 0 Å². The van der Waals surface area contributed by atoms with Crippen LogP contribution in [0.15, 0.2) is 54.6 Å². The molecule has 0 saturated heterocycles. The molecule has 1 aromatic heterocycles. The molecule has 0 fully saturated rings. The zero-order valence-electron chi connectivity index (χ0n) is 10.4. The first-order chi connectivity index (χ1) is 10.0. The lowest BCUT2D eigenvalue weighted by Crippen LogP contribution is -2.12. The lowest BCUT2D eigenvalue weighted by molar-refractivity contribution is 0.102. The predicted octanol–water partition coefficient (Wildman–Crippen LogP) is 3.90. The molecule has 2 aromatic carbocycles. The van der Waals surface area contributed by atoms with Gasteiger partial charge in [-0.05, 0) is 52.3 Å². The molecular weight excluding hydrogens is 404 g/mol. The van der Waals surface area contributed by atoms with E-state index in [2.05, 4.69) is 42.2 Å². The SMILES string of the molecule is O=C(Nc1ccc2oc(=O)[nH]c2c1)c1ccc(Br)cc1Br. The van der Waals surface area contributed by atoms with Crippen molar-refractivity contribution in [1.29, 1.82) is 0 Å². The molecule has 2 N–H and O–H groups in total. The van der Waals surface area contributed by atoms with E-state index in [1.165, 1.54) is 0 Å². The lowest BCUT2D eigenvalue weighted by atomic mass is 10.2. The highest BCUT2D eigenvalue weighted by Gasteiger charge is 2.11. The summed E-state index contributed by atoms with van der Waals surface area (Å²) < 4.78 is 6.47. The van der Waals surface area contributed by atoms with Gasteiger partial charge in [-0.1, -0.05) is 15.9 Å². The van der Waals surface area contributed by atoms with Crippen LogP contribution in [0.4, 0.5) is 5.69 Å². The number of aromatic nitrogens is 1. The van der Waals surface area contributed by atoms with Crippen molar-refractivity contribution in [3.8, 4) is 0 Å². The zero-order chi connectivity index (χ0) is 15.0. The number of anilines is 1. The van der Waals surface area contributed by atoms with Gasteiger partial charge in [-0.25, -0.2) is 4.79 Å². The molecule has 0 aliphatic carbocycles. The second-order valence-electron chi connectivity index (χ2n) is 4.30. The Morgan fingerprint density at radius 3 is 2.71 bits per heavy atom. The third kappa shape index (κ3) is 2.93. The first kappa shape index (κ1) is 14.1. The number of fused-ring (bicyclic) bond motifs is 1. The van der Waals surface area contributed by atoms with Gasteiger partial charge in [0.25, 0.3) is 5.91 Å². The molecule has 1 heterocycles. The van der Waals surface area contributed by atoms with E-state index in [0.29, 0.717) is 26.8 Å². The number of benzene rings is 2. The van der Waals surface area contributed by atoms with E-state index in [1.54, 1.807) is 36.4 Å². The van der Waals surface area contributed by atoms with Crippen LogP contribution in [-0.2, 0) is 0 Å². The van der Waals surface area contributed by atoms with Gasteiger partial charge in [0.1, 0.15) is 0 Å². The fraction of sp³-hybridized carbons (Fsp3) is 0. The molecule has 5 nitrogen and oxygen atoms in total. The number of oxazole rings is 1. The van der Waals surface area contributed by atoms with Gasteiger partial charge in [0.15, 0.2) is 5.58 Å². The van der Waals surface area contributed by atoms with Gasteiger partial charge in [-0.15, -0.1) is 0 Å². The summed E-state index contributed by atoms with van der Waals surface area (Å²) in [6, 6.07) is 10.2. The van der Waals surface area contributed by atoms with Crippen molar-refractivity contribution >= 4 is 54.6 Å². The molecule has 1 amide bonds. The number of hydrogen-bond donors (Lipinski definition) is 2. The van der Waals surface area contributed by atoms with Crippen LogP contribution in [0.1, 0.15) is 10.4 Å². The third-order valence-electron chi connectivity index (χ3n) is 2.85. The number of amides is 1. The number of hydrogen-bond acceptors (Lipinski definition) is 3. The van der Waals surface area contributed by atoms with Gasteiger partial charge in [-0.3, -0.25) is 9.78 Å². The van der Waals surface area contributed by atoms with Crippen molar-refractivity contribution in [3.63, 3.8) is 0 Å². The summed E-state index contributed by atoms with van der Waals surface area (Å²) in [5.74, 6) is -0.774. The van der Waals surface area contributed by atoms with Gasteiger partial charge in [0.05, 0.1) is 11.1 Å². The largest absolute Gasteiger partial charge is 0.417 e. The van der Waals surface area contributed by atoms with Crippen LogP contribution in [0.3, 0.4) is 0 Å². The van der Waals surface area contributed by atoms with E-state index >= 15 is 0 Å². The highest BCUT2D eigenvalue weighted by atomic mass is 79.9. The average molecular weight is 412 g/mol. The number of halogens is 2. The summed E-state index contributed by atoms with van der Waals surface area (Å²) in [5, 5.41) is 2.77. The molecule has 0 spiro atoms. The van der Waals surface area contributed by atoms with Gasteiger partial charge < -0.3 is 9.73 Å². The number of nitrogens with one attached hydrogen (secondary N) is 2. The normalized spacial score (nSPS) is 10.8. The van der Waals surface area contributed by atoms with E-state index in [9.17, 15) is 9.59 Å². The monoisotopic (exact) mass is 410 g/mol. The molecule has 3 aromatic rings. The second kappa shape index (κ2) is 5.50. The smallest absolute Gasteiger partial charge is 0.408 e. The number of H-pyrrole nitrogens is 1. The van der Waals surface area contributed by atoms with Crippen molar-refractivity contribution in [3.05, 3.63) is 61.5 Å². The van der Waals surface area contributed by atoms with E-state index in [0.717, 1.165) is 4.47 Å². The first-order valence-corrected chi connectivity index (χ1v) is 7.51. The lowest BCUT2D eigenvalue weighted by Gasteiger charge is -2.07. The minimum atomic E-state index is -0.524. The summed E-state index contributed by atoms with van der Waals surface area (Å²) >= 11 is 6.69. The van der Waals surface area contributed by atoms with Crippen molar-refractivity contribution in [2.45, 2.75) is 0 Å². The van der Waals surface area contributed by atoms with Crippen LogP contribution < -0.4 is 11.1 Å². The molecule has 21 heavy (non-hydrogen) atoms. The molecule has 0 saturated carbocycles. The van der Waals surface area contributed by atoms with Gasteiger partial charge in [-0.2, -0.15) is 0 Å². The van der Waals surface area contributed by atoms with Crippen molar-refractivity contribution in [1.82, 2.24) is 4.98 Å². The van der Waals surface area contributed by atoms with E-state index in [4.69, 9.17) is 4.42 Å². The molecule has 0 aliphatic heterocycles. The Balaban J connectivity index is 1.90. The number of rotatable bonds is 2. The minimum Gasteiger partial charge on any atom is -0.408 e. The Bertz CT molecular complexity index is 899. The van der Waals surface area contributed by atoms with Crippen molar-refractivity contribution in [2.24, 2.45) is 0 Å². The maximum absolute atomic E-state index is 12.2. The molecular formula is C14H8Br2N2O3. The molecule has 0 bridgehead atoms. The van der Waals surface area contributed by atoms with E-state index in [1.807, 2.05) is 0 Å². The fourth-order valence-corrected chi connectivity index (χ4v) is 3.13. The summed E-state index contributed by atoms with van der Waals surface area (Å²) in [7, 11) is 0. The number of carbonyl (C=O) groups is 1. The average Bonchev–Trinajstić information content (AvgIpc) is 2.77. The van der Waals surface area contributed by atoms with E-state index in [-0.39, 0.29) is 5.91 Å². The van der Waals surface area contributed by atoms with Crippen LogP contribution in [0.25, 0.3) is 11.1 Å². The third-order valence-corrected chi connectivity index (χ3v) is 4.00. The van der Waals surface area contributed by atoms with Crippen LogP contribution in [0.2, 0.25) is 0 Å². The fourth-order valence-electron chi connectivity index (χ4n) is 1.90. The van der Waals surface area contributed by atoms with Crippen LogP contribution >= 0.6 is 31.9 Å². The predicted molar refractivity (Wildman–Crippen MR) is 86.6 cm³/mol. The maximum atomic E-state index is 12.2. The standard InChI is InChI=1S/C14H8Br2N2O3/c15-7-1-3-9(10(16)5-7)13(19)17-8-2-4-12-11(6-8)18-14(20)21-12/h1-6H,(H,17,19)(H,18,20). The summed E-state index contributed by atoms with van der Waals surface area (Å²) in [6.45, 7) is 0. The molecule has 0 aliphatic rings. The second-order valence-corrected chi connectivity index (χ2v) is 6.07. The minimum absolute atomic E-state index is 0.250. The zero-order valence-corrected chi connectivity index (χ0v) is 13.6. The Hall–Kier alpha value is -1.86. The molecule has 106 valence electrons. The molecule has 0 unspecified atom stereocenters. The maximum Gasteiger partial charge on any atom is 0.417 e. The number of aromatic amines is 1. The Kier molecular flexibility index (Phi) is 3.69. The summed E-state index contributed by atoms with van der Waals surface area (Å²) in [6.07, 6.45) is 0. The highest BCUT2D eigenvalue weighted by molar-refractivity contribution is 9.11. The van der Waals surface area contributed by atoms with Crippen LogP contribution in [0, 0.1) is 0 Å². The first-order valence-electron chi connectivity index (χ1n) is 5.92. The highest BCUT2D eigenvalue weighted by Crippen LogP contribution is 2.23. The Morgan fingerprint density at radius 1 is 1.14 bits per heavy atom. The molecule has 7 heteroatoms. The topological polar surface area (TPSA) is 75.1 Å². The van der Waals surface area contributed by atoms with Crippen molar-refractivity contribution in [2.75, 3.05) is 5.32 Å². The Labute approximate surface area is 135 Å². The molecule has 3 rings (SSSR count). The summed E-state index contributed by atoms with van der Waals surface area (Å²) in [5.41, 5.74) is 2.06. The Morgan fingerprint density at radius 2 is 1.95 bits per heavy atom. The van der Waals surface area contributed by atoms with Crippen molar-refractivity contribution < 1.29 is 9.21 Å². The van der Waals surface area contributed by atoms with Crippen LogP contribution in [-0.4, -0.2) is 10.9 Å². The van der Waals surface area contributed by atoms with Gasteiger partial charge in [0, 0.05) is 14.6 Å². The number of carbonyl (C=O) groups excluding carboxylic acids is 1. The van der Waals surface area contributed by atoms with Gasteiger partial charge >= 0.3 is 5.76 Å². The molecule has 0 atom stereocenters.